The zero-order chi connectivity index (χ0) is 9.84. The molecule has 6 heteroatoms. The summed E-state index contributed by atoms with van der Waals surface area (Å²) in [5, 5.41) is 36.3. The van der Waals surface area contributed by atoms with Crippen molar-refractivity contribution < 1.29 is 29.9 Å². The van der Waals surface area contributed by atoms with Crippen molar-refractivity contribution in [2.75, 3.05) is 20.0 Å². The van der Waals surface area contributed by atoms with Gasteiger partial charge >= 0.3 is 0 Å². The summed E-state index contributed by atoms with van der Waals surface area (Å²) < 4.78 is 9.75. The van der Waals surface area contributed by atoms with Crippen LogP contribution in [0.15, 0.2) is 0 Å². The van der Waals surface area contributed by atoms with Crippen molar-refractivity contribution in [2.24, 2.45) is 0 Å². The molecule has 0 amide bonds. The van der Waals surface area contributed by atoms with Crippen LogP contribution >= 0.6 is 0 Å². The van der Waals surface area contributed by atoms with Crippen molar-refractivity contribution in [1.29, 1.82) is 0 Å². The molecule has 0 radical (unpaired) electrons. The van der Waals surface area contributed by atoms with Gasteiger partial charge in [-0.1, -0.05) is 0 Å². The lowest BCUT2D eigenvalue weighted by Gasteiger charge is -2.23. The maximum absolute atomic E-state index is 9.39. The topological polar surface area (TPSA) is 99.4 Å². The lowest BCUT2D eigenvalue weighted by molar-refractivity contribution is -0.123. The van der Waals surface area contributed by atoms with Crippen LogP contribution < -0.4 is 0 Å². The van der Waals surface area contributed by atoms with Crippen LogP contribution in [0.2, 0.25) is 0 Å². The number of ether oxygens (including phenoxy) is 2. The summed E-state index contributed by atoms with van der Waals surface area (Å²) >= 11 is 0. The van der Waals surface area contributed by atoms with E-state index in [9.17, 15) is 10.2 Å². The Balaban J connectivity index is 2.61. The second-order valence-electron chi connectivity index (χ2n) is 2.87. The summed E-state index contributed by atoms with van der Waals surface area (Å²) in [5.41, 5.74) is 0. The van der Waals surface area contributed by atoms with Crippen molar-refractivity contribution in [2.45, 2.75) is 24.4 Å². The highest BCUT2D eigenvalue weighted by molar-refractivity contribution is 4.83. The molecule has 0 unspecified atom stereocenters. The Morgan fingerprint density at radius 3 is 1.62 bits per heavy atom. The minimum absolute atomic E-state index is 0.162. The molecular weight excluding hydrogens is 180 g/mol. The van der Waals surface area contributed by atoms with Crippen LogP contribution in [0, 0.1) is 0 Å². The Morgan fingerprint density at radius 1 is 0.923 bits per heavy atom. The molecule has 0 aliphatic carbocycles. The van der Waals surface area contributed by atoms with E-state index in [0.29, 0.717) is 0 Å². The fraction of sp³-hybridized carbons (Fsp3) is 1.00. The Kier molecular flexibility index (Phi) is 4.04. The van der Waals surface area contributed by atoms with Gasteiger partial charge in [0.15, 0.2) is 0 Å². The van der Waals surface area contributed by atoms with Crippen molar-refractivity contribution in [3.8, 4) is 0 Å². The van der Waals surface area contributed by atoms with E-state index in [2.05, 4.69) is 0 Å². The van der Waals surface area contributed by atoms with E-state index < -0.39 is 37.6 Å². The average Bonchev–Trinajstić information content (AvgIpc) is 2.28. The lowest BCUT2D eigenvalue weighted by atomic mass is 10.0. The van der Waals surface area contributed by atoms with Gasteiger partial charge in [0.2, 0.25) is 0 Å². The van der Waals surface area contributed by atoms with Gasteiger partial charge in [-0.25, -0.2) is 0 Å². The average molecular weight is 194 g/mol. The molecule has 13 heavy (non-hydrogen) atoms. The van der Waals surface area contributed by atoms with E-state index in [1.807, 2.05) is 0 Å². The molecule has 4 atom stereocenters. The molecular formula is C7H14O6. The quantitative estimate of drug-likeness (QED) is 0.386. The van der Waals surface area contributed by atoms with Gasteiger partial charge in [0.05, 0.1) is 13.2 Å². The maximum Gasteiger partial charge on any atom is 0.147 e. The van der Waals surface area contributed by atoms with Gasteiger partial charge in [-0.3, -0.25) is 0 Å². The van der Waals surface area contributed by atoms with Gasteiger partial charge < -0.3 is 29.9 Å². The molecule has 0 saturated carbocycles. The third-order valence-electron chi connectivity index (χ3n) is 2.04. The SMILES string of the molecule is OC[C@H]1OCO[C@H](CO)[C@H](O)[C@H]1O. The molecule has 1 heterocycles. The van der Waals surface area contributed by atoms with Gasteiger partial charge in [0.25, 0.3) is 0 Å². The van der Waals surface area contributed by atoms with Gasteiger partial charge in [0.1, 0.15) is 31.2 Å². The van der Waals surface area contributed by atoms with Crippen LogP contribution in [0.4, 0.5) is 0 Å². The van der Waals surface area contributed by atoms with E-state index in [1.165, 1.54) is 0 Å². The van der Waals surface area contributed by atoms with Crippen LogP contribution in [0.25, 0.3) is 0 Å². The molecule has 0 aromatic heterocycles. The summed E-state index contributed by atoms with van der Waals surface area (Å²) in [4.78, 5) is 0. The van der Waals surface area contributed by atoms with E-state index in [1.54, 1.807) is 0 Å². The monoisotopic (exact) mass is 194 g/mol. The first-order valence-corrected chi connectivity index (χ1v) is 4.01. The molecule has 0 bridgehead atoms. The van der Waals surface area contributed by atoms with Crippen LogP contribution in [0.5, 0.6) is 0 Å². The molecule has 0 spiro atoms. The fourth-order valence-corrected chi connectivity index (χ4v) is 1.17. The van der Waals surface area contributed by atoms with Crippen molar-refractivity contribution in [3.63, 3.8) is 0 Å². The van der Waals surface area contributed by atoms with E-state index in [-0.39, 0.29) is 6.79 Å². The van der Waals surface area contributed by atoms with E-state index >= 15 is 0 Å². The van der Waals surface area contributed by atoms with Gasteiger partial charge in [-0.15, -0.1) is 0 Å². The molecule has 0 aromatic rings. The summed E-state index contributed by atoms with van der Waals surface area (Å²) in [6, 6.07) is 0. The smallest absolute Gasteiger partial charge is 0.147 e. The third kappa shape index (κ3) is 2.37. The van der Waals surface area contributed by atoms with E-state index in [0.717, 1.165) is 0 Å². The van der Waals surface area contributed by atoms with Crippen molar-refractivity contribution in [3.05, 3.63) is 0 Å². The minimum Gasteiger partial charge on any atom is -0.394 e. The maximum atomic E-state index is 9.39. The number of rotatable bonds is 2. The van der Waals surface area contributed by atoms with Crippen LogP contribution in [0.3, 0.4) is 0 Å². The van der Waals surface area contributed by atoms with E-state index in [4.69, 9.17) is 19.7 Å². The van der Waals surface area contributed by atoms with Crippen LogP contribution in [-0.2, 0) is 9.47 Å². The number of hydrogen-bond acceptors (Lipinski definition) is 6. The second kappa shape index (κ2) is 4.85. The minimum atomic E-state index is -1.25. The molecule has 1 saturated heterocycles. The predicted octanol–water partition coefficient (Wildman–Crippen LogP) is -2.57. The molecule has 1 aliphatic heterocycles. The van der Waals surface area contributed by atoms with Gasteiger partial charge in [-0.05, 0) is 0 Å². The molecule has 78 valence electrons. The Morgan fingerprint density at radius 2 is 1.31 bits per heavy atom. The van der Waals surface area contributed by atoms with Crippen molar-refractivity contribution in [1.82, 2.24) is 0 Å². The number of hydrogen-bond donors (Lipinski definition) is 4. The third-order valence-corrected chi connectivity index (χ3v) is 2.04. The number of aliphatic hydroxyl groups excluding tert-OH is 4. The second-order valence-corrected chi connectivity index (χ2v) is 2.87. The highest BCUT2D eigenvalue weighted by Gasteiger charge is 2.35. The standard InChI is InChI=1S/C7H14O6/c8-1-4-6(10)7(11)5(2-9)13-3-12-4/h4-11H,1-3H2/t4-,5-,6+,7+/m1/s1. The highest BCUT2D eigenvalue weighted by atomic mass is 16.7. The number of aliphatic hydroxyl groups is 4. The van der Waals surface area contributed by atoms with Crippen LogP contribution in [0.1, 0.15) is 0 Å². The van der Waals surface area contributed by atoms with Crippen molar-refractivity contribution >= 4 is 0 Å². The molecule has 4 N–H and O–H groups in total. The summed E-state index contributed by atoms with van der Waals surface area (Å²) in [6.07, 6.45) is -4.23. The fourth-order valence-electron chi connectivity index (χ4n) is 1.17. The van der Waals surface area contributed by atoms with Gasteiger partial charge in [-0.2, -0.15) is 0 Å². The first-order chi connectivity index (χ1) is 6.20. The molecule has 1 fully saturated rings. The zero-order valence-electron chi connectivity index (χ0n) is 7.04. The normalized spacial score (nSPS) is 41.5. The Labute approximate surface area is 75.3 Å². The van der Waals surface area contributed by atoms with Crippen LogP contribution in [-0.4, -0.2) is 64.8 Å². The summed E-state index contributed by atoms with van der Waals surface area (Å²) in [5.74, 6) is 0. The molecule has 1 aliphatic rings. The first kappa shape index (κ1) is 10.8. The molecule has 0 aromatic carbocycles. The van der Waals surface area contributed by atoms with Gasteiger partial charge in [0, 0.05) is 0 Å². The molecule has 1 rings (SSSR count). The zero-order valence-corrected chi connectivity index (χ0v) is 7.04. The molecule has 6 nitrogen and oxygen atoms in total. The highest BCUT2D eigenvalue weighted by Crippen LogP contribution is 2.14. The predicted molar refractivity (Wildman–Crippen MR) is 40.8 cm³/mol. The largest absolute Gasteiger partial charge is 0.394 e. The Hall–Kier alpha value is -0.240. The summed E-state index contributed by atoms with van der Waals surface area (Å²) in [6.45, 7) is -0.968. The Bertz CT molecular complexity index is 136. The lowest BCUT2D eigenvalue weighted by Crippen LogP contribution is -2.45. The first-order valence-electron chi connectivity index (χ1n) is 4.01. The summed E-state index contributed by atoms with van der Waals surface area (Å²) in [7, 11) is 0.